The fraction of sp³-hybridized carbons (Fsp3) is 0.889. The molecule has 5 saturated carbocycles. The van der Waals surface area contributed by atoms with Crippen LogP contribution in [-0.4, -0.2) is 22.5 Å². The third kappa shape index (κ3) is 2.44. The second-order valence-corrected chi connectivity index (χ2v) is 8.52. The number of nitrogens with one attached hydrogen (secondary N) is 1. The minimum absolute atomic E-state index is 0.00628. The molecule has 5 aliphatic rings. The summed E-state index contributed by atoms with van der Waals surface area (Å²) in [5, 5.41) is 12.8. The highest BCUT2D eigenvalue weighted by atomic mass is 16.4. The number of carbonyl (C=O) groups is 2. The Morgan fingerprint density at radius 3 is 1.86 bits per heavy atom. The van der Waals surface area contributed by atoms with E-state index in [0.717, 1.165) is 56.3 Å². The van der Waals surface area contributed by atoms with Gasteiger partial charge in [0.1, 0.15) is 0 Å². The number of amides is 1. The van der Waals surface area contributed by atoms with E-state index >= 15 is 0 Å². The summed E-state index contributed by atoms with van der Waals surface area (Å²) >= 11 is 0. The molecule has 22 heavy (non-hydrogen) atoms. The molecule has 1 amide bonds. The van der Waals surface area contributed by atoms with Gasteiger partial charge in [0.2, 0.25) is 5.91 Å². The first-order valence-corrected chi connectivity index (χ1v) is 9.09. The van der Waals surface area contributed by atoms with Crippen molar-refractivity contribution >= 4 is 11.9 Å². The van der Waals surface area contributed by atoms with Gasteiger partial charge in [0.15, 0.2) is 0 Å². The van der Waals surface area contributed by atoms with Gasteiger partial charge in [-0.25, -0.2) is 0 Å². The SMILES string of the molecule is O=C(O)[C@@H]1CCCC[C@H]1C(=O)NC12CC3CC(CC(C3)C1)C2. The van der Waals surface area contributed by atoms with Crippen molar-refractivity contribution < 1.29 is 14.7 Å². The second-order valence-electron chi connectivity index (χ2n) is 8.52. The van der Waals surface area contributed by atoms with Crippen molar-refractivity contribution in [3.63, 3.8) is 0 Å². The van der Waals surface area contributed by atoms with Crippen LogP contribution in [0.15, 0.2) is 0 Å². The van der Waals surface area contributed by atoms with Gasteiger partial charge in [0, 0.05) is 5.54 Å². The average Bonchev–Trinajstić information content (AvgIpc) is 2.45. The minimum atomic E-state index is -0.787. The number of carboxylic acids is 1. The van der Waals surface area contributed by atoms with Crippen LogP contribution in [0.5, 0.6) is 0 Å². The maximum Gasteiger partial charge on any atom is 0.307 e. The van der Waals surface area contributed by atoms with Crippen LogP contribution in [0.25, 0.3) is 0 Å². The van der Waals surface area contributed by atoms with Crippen LogP contribution >= 0.6 is 0 Å². The normalized spacial score (nSPS) is 46.5. The number of carboxylic acid groups (broad SMARTS) is 1. The molecule has 2 N–H and O–H groups in total. The molecule has 0 aromatic carbocycles. The van der Waals surface area contributed by atoms with Crippen LogP contribution in [0.1, 0.15) is 64.2 Å². The molecule has 4 heteroatoms. The fourth-order valence-corrected chi connectivity index (χ4v) is 6.36. The van der Waals surface area contributed by atoms with Crippen LogP contribution < -0.4 is 5.32 Å². The topological polar surface area (TPSA) is 66.4 Å². The Hall–Kier alpha value is -1.06. The van der Waals surface area contributed by atoms with E-state index in [1.165, 1.54) is 19.3 Å². The number of carbonyl (C=O) groups excluding carboxylic acids is 1. The van der Waals surface area contributed by atoms with E-state index in [9.17, 15) is 14.7 Å². The summed E-state index contributed by atoms with van der Waals surface area (Å²) in [5.74, 6) is 0.871. The third-order valence-corrected chi connectivity index (χ3v) is 6.85. The molecular weight excluding hydrogens is 278 g/mol. The lowest BCUT2D eigenvalue weighted by Crippen LogP contribution is -2.61. The maximum atomic E-state index is 12.8. The Morgan fingerprint density at radius 2 is 1.36 bits per heavy atom. The number of rotatable bonds is 3. The zero-order valence-corrected chi connectivity index (χ0v) is 13.2. The largest absolute Gasteiger partial charge is 0.481 e. The highest BCUT2D eigenvalue weighted by Crippen LogP contribution is 2.55. The summed E-state index contributed by atoms with van der Waals surface area (Å²) in [7, 11) is 0. The molecule has 0 unspecified atom stereocenters. The van der Waals surface area contributed by atoms with Gasteiger partial charge in [-0.1, -0.05) is 12.8 Å². The Morgan fingerprint density at radius 1 is 0.864 bits per heavy atom. The number of aliphatic carboxylic acids is 1. The average molecular weight is 305 g/mol. The zero-order valence-electron chi connectivity index (χ0n) is 13.2. The van der Waals surface area contributed by atoms with Gasteiger partial charge in [0.05, 0.1) is 11.8 Å². The van der Waals surface area contributed by atoms with Crippen molar-refractivity contribution in [3.8, 4) is 0 Å². The standard InChI is InChI=1S/C18H27NO3/c20-16(14-3-1-2-4-15(14)17(21)22)19-18-8-11-5-12(9-18)7-13(6-11)10-18/h11-15H,1-10H2,(H,19,20)(H,21,22)/t11?,12?,13?,14-,15-,18?/m1/s1. The first-order chi connectivity index (χ1) is 10.5. The molecule has 4 nitrogen and oxygen atoms in total. The van der Waals surface area contributed by atoms with Crippen LogP contribution in [-0.2, 0) is 9.59 Å². The van der Waals surface area contributed by atoms with Gasteiger partial charge in [-0.15, -0.1) is 0 Å². The molecule has 5 aliphatic carbocycles. The van der Waals surface area contributed by atoms with E-state index in [0.29, 0.717) is 6.42 Å². The van der Waals surface area contributed by atoms with Gasteiger partial charge in [-0.05, 0) is 69.1 Å². The lowest BCUT2D eigenvalue weighted by Gasteiger charge is -2.57. The van der Waals surface area contributed by atoms with E-state index in [1.54, 1.807) is 0 Å². The van der Waals surface area contributed by atoms with Crippen molar-refractivity contribution in [1.29, 1.82) is 0 Å². The molecule has 0 saturated heterocycles. The van der Waals surface area contributed by atoms with E-state index in [2.05, 4.69) is 5.32 Å². The second kappa shape index (κ2) is 5.24. The smallest absolute Gasteiger partial charge is 0.307 e. The molecule has 0 aliphatic heterocycles. The van der Waals surface area contributed by atoms with Crippen LogP contribution in [0, 0.1) is 29.6 Å². The molecule has 122 valence electrons. The molecule has 0 aromatic heterocycles. The Labute approximate surface area is 132 Å². The number of hydrogen-bond acceptors (Lipinski definition) is 2. The summed E-state index contributed by atoms with van der Waals surface area (Å²) in [6.45, 7) is 0. The molecule has 0 aromatic rings. The summed E-state index contributed by atoms with van der Waals surface area (Å²) < 4.78 is 0. The third-order valence-electron chi connectivity index (χ3n) is 6.85. The molecule has 0 spiro atoms. The van der Waals surface area contributed by atoms with Crippen molar-refractivity contribution in [2.75, 3.05) is 0 Å². The van der Waals surface area contributed by atoms with Crippen molar-refractivity contribution in [3.05, 3.63) is 0 Å². The Kier molecular flexibility index (Phi) is 3.46. The van der Waals surface area contributed by atoms with Crippen molar-refractivity contribution in [1.82, 2.24) is 5.32 Å². The maximum absolute atomic E-state index is 12.8. The van der Waals surface area contributed by atoms with E-state index in [1.807, 2.05) is 0 Å². The summed E-state index contributed by atoms with van der Waals surface area (Å²) in [6.07, 6.45) is 10.8. The molecule has 0 radical (unpaired) electrons. The monoisotopic (exact) mass is 305 g/mol. The first kappa shape index (κ1) is 14.5. The Balaban J connectivity index is 1.48. The molecule has 5 fully saturated rings. The predicted molar refractivity (Wildman–Crippen MR) is 82.1 cm³/mol. The highest BCUT2D eigenvalue weighted by Gasteiger charge is 2.52. The van der Waals surface area contributed by atoms with Crippen LogP contribution in [0.4, 0.5) is 0 Å². The van der Waals surface area contributed by atoms with Gasteiger partial charge in [-0.3, -0.25) is 9.59 Å². The minimum Gasteiger partial charge on any atom is -0.481 e. The molecule has 0 heterocycles. The van der Waals surface area contributed by atoms with E-state index in [4.69, 9.17) is 0 Å². The summed E-state index contributed by atoms with van der Waals surface area (Å²) in [5.41, 5.74) is 0.00628. The quantitative estimate of drug-likeness (QED) is 0.842. The van der Waals surface area contributed by atoms with Gasteiger partial charge in [0.25, 0.3) is 0 Å². The molecule has 4 bridgehead atoms. The first-order valence-electron chi connectivity index (χ1n) is 9.09. The van der Waals surface area contributed by atoms with E-state index in [-0.39, 0.29) is 17.4 Å². The lowest BCUT2D eigenvalue weighted by molar-refractivity contribution is -0.150. The summed E-state index contributed by atoms with van der Waals surface area (Å²) in [6, 6.07) is 0. The van der Waals surface area contributed by atoms with Gasteiger partial charge >= 0.3 is 5.97 Å². The van der Waals surface area contributed by atoms with E-state index < -0.39 is 11.9 Å². The van der Waals surface area contributed by atoms with Crippen molar-refractivity contribution in [2.45, 2.75) is 69.7 Å². The predicted octanol–water partition coefficient (Wildman–Crippen LogP) is 2.96. The molecule has 5 rings (SSSR count). The molecule has 2 atom stereocenters. The molecular formula is C18H27NO3. The summed E-state index contributed by atoms with van der Waals surface area (Å²) in [4.78, 5) is 24.3. The van der Waals surface area contributed by atoms with Crippen molar-refractivity contribution in [2.24, 2.45) is 29.6 Å². The Bertz CT molecular complexity index is 451. The highest BCUT2D eigenvalue weighted by molar-refractivity contribution is 5.85. The fourth-order valence-electron chi connectivity index (χ4n) is 6.36. The van der Waals surface area contributed by atoms with Crippen LogP contribution in [0.2, 0.25) is 0 Å². The zero-order chi connectivity index (χ0) is 15.3. The number of hydrogen-bond donors (Lipinski definition) is 2. The van der Waals surface area contributed by atoms with Crippen LogP contribution in [0.3, 0.4) is 0 Å². The lowest BCUT2D eigenvalue weighted by atomic mass is 9.53. The van der Waals surface area contributed by atoms with Gasteiger partial charge in [-0.2, -0.15) is 0 Å². The van der Waals surface area contributed by atoms with Gasteiger partial charge < -0.3 is 10.4 Å².